The minimum atomic E-state index is -0.976. The molecule has 0 aliphatic carbocycles. The van der Waals surface area contributed by atoms with Crippen molar-refractivity contribution in [2.24, 2.45) is 0 Å². The number of pyridine rings is 1. The number of benzene rings is 1. The summed E-state index contributed by atoms with van der Waals surface area (Å²) in [5.74, 6) is 0.554. The van der Waals surface area contributed by atoms with Gasteiger partial charge in [0.15, 0.2) is 0 Å². The average Bonchev–Trinajstić information content (AvgIpc) is 2.48. The maximum atomic E-state index is 10.8. The van der Waals surface area contributed by atoms with E-state index in [0.717, 1.165) is 11.3 Å². The maximum absolute atomic E-state index is 10.8. The predicted molar refractivity (Wildman–Crippen MR) is 76.3 cm³/mol. The highest BCUT2D eigenvalue weighted by atomic mass is 16.5. The summed E-state index contributed by atoms with van der Waals surface area (Å²) in [5, 5.41) is 8.85. The van der Waals surface area contributed by atoms with Gasteiger partial charge >= 0.3 is 5.97 Å². The summed E-state index contributed by atoms with van der Waals surface area (Å²) in [6.45, 7) is 0.628. The van der Waals surface area contributed by atoms with Gasteiger partial charge in [0.25, 0.3) is 0 Å². The summed E-state index contributed by atoms with van der Waals surface area (Å²) in [6, 6.07) is 11.0. The molecule has 0 bridgehead atoms. The lowest BCUT2D eigenvalue weighted by Gasteiger charge is -2.19. The number of carboxylic acids is 1. The topological polar surface area (TPSA) is 62.7 Å². The minimum absolute atomic E-state index is 0.180. The molecule has 20 heavy (non-hydrogen) atoms. The van der Waals surface area contributed by atoms with E-state index >= 15 is 0 Å². The lowest BCUT2D eigenvalue weighted by molar-refractivity contribution is 0.0696. The number of hydrogen-bond donors (Lipinski definition) is 1. The van der Waals surface area contributed by atoms with Crippen molar-refractivity contribution < 1.29 is 14.6 Å². The van der Waals surface area contributed by atoms with Crippen LogP contribution in [0.5, 0.6) is 5.75 Å². The summed E-state index contributed by atoms with van der Waals surface area (Å²) >= 11 is 0. The van der Waals surface area contributed by atoms with E-state index in [1.807, 2.05) is 36.2 Å². The van der Waals surface area contributed by atoms with Crippen molar-refractivity contribution in [1.82, 2.24) is 4.98 Å². The monoisotopic (exact) mass is 272 g/mol. The largest absolute Gasteiger partial charge is 0.496 e. The first kappa shape index (κ1) is 13.9. The van der Waals surface area contributed by atoms with Gasteiger partial charge < -0.3 is 14.7 Å². The number of rotatable bonds is 5. The second-order valence-electron chi connectivity index (χ2n) is 4.38. The molecule has 1 aromatic heterocycles. The maximum Gasteiger partial charge on any atom is 0.337 e. The molecule has 1 heterocycles. The number of anilines is 1. The molecule has 0 aliphatic rings. The van der Waals surface area contributed by atoms with Gasteiger partial charge in [-0.3, -0.25) is 0 Å². The van der Waals surface area contributed by atoms with Crippen LogP contribution in [0.1, 0.15) is 15.9 Å². The molecule has 0 fully saturated rings. The number of hydrogen-bond acceptors (Lipinski definition) is 4. The zero-order chi connectivity index (χ0) is 14.5. The van der Waals surface area contributed by atoms with E-state index in [-0.39, 0.29) is 5.56 Å². The van der Waals surface area contributed by atoms with Crippen LogP contribution in [-0.2, 0) is 6.54 Å². The summed E-state index contributed by atoms with van der Waals surface area (Å²) in [6.07, 6.45) is 1.36. The Kier molecular flexibility index (Phi) is 4.20. The fourth-order valence-corrected chi connectivity index (χ4v) is 1.91. The molecule has 5 heteroatoms. The molecule has 0 radical (unpaired) electrons. The average molecular weight is 272 g/mol. The molecule has 1 N–H and O–H groups in total. The number of para-hydroxylation sites is 1. The molecule has 0 atom stereocenters. The Balaban J connectivity index is 2.15. The summed E-state index contributed by atoms with van der Waals surface area (Å²) < 4.78 is 5.31. The Morgan fingerprint density at radius 2 is 2.05 bits per heavy atom. The van der Waals surface area contributed by atoms with Crippen LogP contribution >= 0.6 is 0 Å². The van der Waals surface area contributed by atoms with E-state index in [2.05, 4.69) is 4.98 Å². The van der Waals surface area contributed by atoms with Crippen molar-refractivity contribution in [1.29, 1.82) is 0 Å². The van der Waals surface area contributed by atoms with Crippen LogP contribution in [0.4, 0.5) is 5.82 Å². The first-order valence-corrected chi connectivity index (χ1v) is 6.14. The first-order valence-electron chi connectivity index (χ1n) is 6.14. The number of carbonyl (C=O) groups is 1. The quantitative estimate of drug-likeness (QED) is 0.905. The Morgan fingerprint density at radius 1 is 1.30 bits per heavy atom. The third kappa shape index (κ3) is 3.06. The molecule has 2 rings (SSSR count). The van der Waals surface area contributed by atoms with Gasteiger partial charge in [0.05, 0.1) is 12.7 Å². The normalized spacial score (nSPS) is 10.1. The van der Waals surface area contributed by atoms with E-state index in [1.165, 1.54) is 6.20 Å². The third-order valence-corrected chi connectivity index (χ3v) is 2.99. The molecule has 0 amide bonds. The number of ether oxygens (including phenoxy) is 1. The predicted octanol–water partition coefficient (Wildman–Crippen LogP) is 2.42. The van der Waals surface area contributed by atoms with E-state index in [9.17, 15) is 4.79 Å². The molecular weight excluding hydrogens is 256 g/mol. The molecule has 104 valence electrons. The highest BCUT2D eigenvalue weighted by Gasteiger charge is 2.09. The summed E-state index contributed by atoms with van der Waals surface area (Å²) in [7, 11) is 3.54. The molecule has 2 aromatic rings. The first-order chi connectivity index (χ1) is 9.61. The summed E-state index contributed by atoms with van der Waals surface area (Å²) in [5.41, 5.74) is 1.22. The van der Waals surface area contributed by atoms with Crippen LogP contribution in [0.25, 0.3) is 0 Å². The fourth-order valence-electron chi connectivity index (χ4n) is 1.91. The SMILES string of the molecule is COc1ccccc1CN(C)c1ccc(C(=O)O)cn1. The van der Waals surface area contributed by atoms with Crippen LogP contribution in [0.3, 0.4) is 0 Å². The van der Waals surface area contributed by atoms with Crippen molar-refractivity contribution in [2.45, 2.75) is 6.54 Å². The van der Waals surface area contributed by atoms with Gasteiger partial charge in [-0.2, -0.15) is 0 Å². The highest BCUT2D eigenvalue weighted by molar-refractivity contribution is 5.87. The molecule has 0 spiro atoms. The number of carboxylic acid groups (broad SMARTS) is 1. The Hall–Kier alpha value is -2.56. The zero-order valence-electron chi connectivity index (χ0n) is 11.4. The second-order valence-corrected chi connectivity index (χ2v) is 4.38. The van der Waals surface area contributed by atoms with Crippen LogP contribution in [0.2, 0.25) is 0 Å². The number of aromatic nitrogens is 1. The second kappa shape index (κ2) is 6.06. The fraction of sp³-hybridized carbons (Fsp3) is 0.200. The Labute approximate surface area is 117 Å². The van der Waals surface area contributed by atoms with Gasteiger partial charge in [0.2, 0.25) is 0 Å². The molecule has 0 saturated carbocycles. The van der Waals surface area contributed by atoms with Gasteiger partial charge in [-0.1, -0.05) is 18.2 Å². The van der Waals surface area contributed by atoms with Crippen LogP contribution in [-0.4, -0.2) is 30.2 Å². The number of nitrogens with zero attached hydrogens (tertiary/aromatic N) is 2. The van der Waals surface area contributed by atoms with Crippen LogP contribution in [0.15, 0.2) is 42.6 Å². The lowest BCUT2D eigenvalue weighted by Crippen LogP contribution is -2.18. The molecule has 5 nitrogen and oxygen atoms in total. The van der Waals surface area contributed by atoms with Gasteiger partial charge in [0.1, 0.15) is 11.6 Å². The van der Waals surface area contributed by atoms with E-state index < -0.39 is 5.97 Å². The molecule has 0 aliphatic heterocycles. The van der Waals surface area contributed by atoms with Crippen molar-refractivity contribution in [3.05, 3.63) is 53.7 Å². The van der Waals surface area contributed by atoms with Gasteiger partial charge in [-0.25, -0.2) is 9.78 Å². The van der Waals surface area contributed by atoms with E-state index in [0.29, 0.717) is 12.4 Å². The van der Waals surface area contributed by atoms with Crippen molar-refractivity contribution in [3.8, 4) is 5.75 Å². The molecular formula is C15H16N2O3. The molecule has 0 saturated heterocycles. The van der Waals surface area contributed by atoms with Crippen LogP contribution in [0, 0.1) is 0 Å². The van der Waals surface area contributed by atoms with E-state index in [4.69, 9.17) is 9.84 Å². The zero-order valence-corrected chi connectivity index (χ0v) is 11.4. The summed E-state index contributed by atoms with van der Waals surface area (Å²) in [4.78, 5) is 16.9. The van der Waals surface area contributed by atoms with Crippen molar-refractivity contribution >= 4 is 11.8 Å². The number of methoxy groups -OCH3 is 1. The van der Waals surface area contributed by atoms with Gasteiger partial charge in [-0.15, -0.1) is 0 Å². The smallest absolute Gasteiger partial charge is 0.337 e. The standard InChI is InChI=1S/C15H16N2O3/c1-17(10-12-5-3-4-6-13(12)20-2)14-8-7-11(9-16-14)15(18)19/h3-9H,10H2,1-2H3,(H,18,19). The lowest BCUT2D eigenvalue weighted by atomic mass is 10.2. The molecule has 0 unspecified atom stereocenters. The Bertz CT molecular complexity index is 596. The van der Waals surface area contributed by atoms with Crippen molar-refractivity contribution in [3.63, 3.8) is 0 Å². The number of aromatic carboxylic acids is 1. The van der Waals surface area contributed by atoms with Gasteiger partial charge in [0, 0.05) is 25.4 Å². The van der Waals surface area contributed by atoms with Crippen molar-refractivity contribution in [2.75, 3.05) is 19.1 Å². The minimum Gasteiger partial charge on any atom is -0.496 e. The highest BCUT2D eigenvalue weighted by Crippen LogP contribution is 2.21. The Morgan fingerprint density at radius 3 is 2.65 bits per heavy atom. The van der Waals surface area contributed by atoms with E-state index in [1.54, 1.807) is 19.2 Å². The molecule has 1 aromatic carbocycles. The third-order valence-electron chi connectivity index (χ3n) is 2.99. The van der Waals surface area contributed by atoms with Crippen LogP contribution < -0.4 is 9.64 Å². The van der Waals surface area contributed by atoms with Gasteiger partial charge in [-0.05, 0) is 18.2 Å².